The molecule has 0 unspecified atom stereocenters. The third-order valence-corrected chi connectivity index (χ3v) is 6.11. The van der Waals surface area contributed by atoms with Crippen molar-refractivity contribution in [3.63, 3.8) is 0 Å². The summed E-state index contributed by atoms with van der Waals surface area (Å²) in [6, 6.07) is 15.0. The van der Waals surface area contributed by atoms with Gasteiger partial charge in [0.05, 0.1) is 32.4 Å². The second-order valence-electron chi connectivity index (χ2n) is 8.42. The molecule has 0 radical (unpaired) electrons. The second-order valence-corrected chi connectivity index (χ2v) is 8.42. The van der Waals surface area contributed by atoms with Gasteiger partial charge in [0.15, 0.2) is 34.3 Å². The summed E-state index contributed by atoms with van der Waals surface area (Å²) < 4.78 is 33.5. The van der Waals surface area contributed by atoms with Crippen LogP contribution in [-0.4, -0.2) is 34.7 Å². The van der Waals surface area contributed by atoms with Crippen molar-refractivity contribution in [2.24, 2.45) is 0 Å². The minimum absolute atomic E-state index is 0.142. The molecule has 0 saturated carbocycles. The van der Waals surface area contributed by atoms with Gasteiger partial charge in [-0.25, -0.2) is 0 Å². The number of fused-ring (bicyclic) bond motifs is 2. The van der Waals surface area contributed by atoms with Crippen LogP contribution in [0.25, 0.3) is 22.3 Å². The van der Waals surface area contributed by atoms with Crippen molar-refractivity contribution in [2.45, 2.75) is 13.3 Å². The van der Waals surface area contributed by atoms with Gasteiger partial charge < -0.3 is 33.4 Å². The Kier molecular flexibility index (Phi) is 6.33. The van der Waals surface area contributed by atoms with Gasteiger partial charge in [-0.05, 0) is 66.9 Å². The van der Waals surface area contributed by atoms with Gasteiger partial charge in [0.25, 0.3) is 0 Å². The molecule has 8 nitrogen and oxygen atoms in total. The summed E-state index contributed by atoms with van der Waals surface area (Å²) in [5.74, 6) is 3.08. The fourth-order valence-corrected chi connectivity index (χ4v) is 4.35. The zero-order valence-electron chi connectivity index (χ0n) is 20.6. The Hall–Kier alpha value is -4.33. The van der Waals surface area contributed by atoms with E-state index in [4.69, 9.17) is 28.1 Å². The molecular formula is C28H27NO7. The number of anilines is 1. The maximum Gasteiger partial charge on any atom is 0.235 e. The number of aryl methyl sites for hydroxylation is 1. The molecule has 1 N–H and O–H groups in total. The molecule has 1 aliphatic rings. The van der Waals surface area contributed by atoms with Gasteiger partial charge in [-0.1, -0.05) is 6.07 Å². The van der Waals surface area contributed by atoms with Gasteiger partial charge >= 0.3 is 0 Å². The average Bonchev–Trinajstić information content (AvgIpc) is 3.37. The molecule has 0 saturated heterocycles. The molecule has 186 valence electrons. The normalized spacial score (nSPS) is 12.0. The third-order valence-electron chi connectivity index (χ3n) is 6.11. The molecule has 0 fully saturated rings. The van der Waals surface area contributed by atoms with Gasteiger partial charge in [-0.3, -0.25) is 4.79 Å². The van der Waals surface area contributed by atoms with E-state index in [0.717, 1.165) is 23.2 Å². The van der Waals surface area contributed by atoms with E-state index in [1.165, 1.54) is 7.11 Å². The molecule has 2 heterocycles. The first-order valence-corrected chi connectivity index (χ1v) is 11.5. The van der Waals surface area contributed by atoms with E-state index in [2.05, 4.69) is 5.32 Å². The van der Waals surface area contributed by atoms with Crippen LogP contribution < -0.4 is 34.4 Å². The first-order valence-electron chi connectivity index (χ1n) is 11.5. The van der Waals surface area contributed by atoms with Crippen molar-refractivity contribution in [3.8, 4) is 40.1 Å². The summed E-state index contributed by atoms with van der Waals surface area (Å²) in [5.41, 5.74) is 3.63. The molecule has 8 heteroatoms. The summed E-state index contributed by atoms with van der Waals surface area (Å²) >= 11 is 0. The smallest absolute Gasteiger partial charge is 0.235 e. The molecule has 5 rings (SSSR count). The molecule has 3 aromatic carbocycles. The predicted octanol–water partition coefficient (Wildman–Crippen LogP) is 5.18. The lowest BCUT2D eigenvalue weighted by atomic mass is 10.1. The molecule has 36 heavy (non-hydrogen) atoms. The van der Waals surface area contributed by atoms with E-state index in [9.17, 15) is 4.79 Å². The van der Waals surface area contributed by atoms with E-state index < -0.39 is 0 Å². The van der Waals surface area contributed by atoms with Gasteiger partial charge in [0.2, 0.25) is 18.0 Å². The Morgan fingerprint density at radius 2 is 1.69 bits per heavy atom. The van der Waals surface area contributed by atoms with Crippen LogP contribution in [0, 0.1) is 6.92 Å². The van der Waals surface area contributed by atoms with E-state index in [1.807, 2.05) is 43.3 Å². The molecule has 0 aliphatic carbocycles. The number of benzene rings is 3. The maximum absolute atomic E-state index is 13.4. The van der Waals surface area contributed by atoms with E-state index in [0.29, 0.717) is 51.8 Å². The van der Waals surface area contributed by atoms with Crippen LogP contribution in [0.4, 0.5) is 5.69 Å². The summed E-state index contributed by atoms with van der Waals surface area (Å²) in [5, 5.41) is 3.89. The molecule has 0 spiro atoms. The summed E-state index contributed by atoms with van der Waals surface area (Å²) in [7, 11) is 4.70. The van der Waals surface area contributed by atoms with Crippen molar-refractivity contribution in [1.82, 2.24) is 0 Å². The van der Waals surface area contributed by atoms with E-state index in [-0.39, 0.29) is 18.0 Å². The average molecular weight is 490 g/mol. The van der Waals surface area contributed by atoms with Crippen LogP contribution in [0.1, 0.15) is 11.1 Å². The number of hydrogen-bond donors (Lipinski definition) is 1. The standard InChI is InChI=1S/C28H27NO7/c1-16-11-19-25(30)28(33-4)26(18-6-8-22-24(14-18)35-15-34-22)36-27(19)20(12-16)29-10-9-17-5-7-21(31-2)23(13-17)32-3/h5-8,11-14,29H,9-10,15H2,1-4H3. The summed E-state index contributed by atoms with van der Waals surface area (Å²) in [6.45, 7) is 2.71. The fraction of sp³-hybridized carbons (Fsp3) is 0.250. The number of hydrogen-bond acceptors (Lipinski definition) is 8. The van der Waals surface area contributed by atoms with Gasteiger partial charge in [-0.2, -0.15) is 0 Å². The highest BCUT2D eigenvalue weighted by Crippen LogP contribution is 2.40. The van der Waals surface area contributed by atoms with E-state index >= 15 is 0 Å². The Morgan fingerprint density at radius 1 is 0.889 bits per heavy atom. The first kappa shape index (κ1) is 23.4. The summed E-state index contributed by atoms with van der Waals surface area (Å²) in [4.78, 5) is 13.4. The van der Waals surface area contributed by atoms with Crippen LogP contribution in [-0.2, 0) is 6.42 Å². The topological polar surface area (TPSA) is 88.4 Å². The minimum atomic E-state index is -0.238. The lowest BCUT2D eigenvalue weighted by Crippen LogP contribution is -2.11. The quantitative estimate of drug-likeness (QED) is 0.362. The second kappa shape index (κ2) is 9.73. The maximum atomic E-state index is 13.4. The summed E-state index contributed by atoms with van der Waals surface area (Å²) in [6.07, 6.45) is 0.727. The van der Waals surface area contributed by atoms with Crippen LogP contribution >= 0.6 is 0 Å². The predicted molar refractivity (Wildman–Crippen MR) is 137 cm³/mol. The number of rotatable bonds is 8. The van der Waals surface area contributed by atoms with Crippen molar-refractivity contribution >= 4 is 16.7 Å². The molecule has 4 aromatic rings. The number of methoxy groups -OCH3 is 3. The van der Waals surface area contributed by atoms with Crippen LogP contribution in [0.5, 0.6) is 28.7 Å². The highest BCUT2D eigenvalue weighted by atomic mass is 16.7. The monoisotopic (exact) mass is 489 g/mol. The Bertz CT molecular complexity index is 1490. The van der Waals surface area contributed by atoms with Gasteiger partial charge in [0, 0.05) is 12.1 Å². The molecule has 1 aromatic heterocycles. The minimum Gasteiger partial charge on any atom is -0.493 e. The van der Waals surface area contributed by atoms with Gasteiger partial charge in [-0.15, -0.1) is 0 Å². The fourth-order valence-electron chi connectivity index (χ4n) is 4.35. The molecule has 0 amide bonds. The third kappa shape index (κ3) is 4.26. The van der Waals surface area contributed by atoms with E-state index in [1.54, 1.807) is 26.4 Å². The van der Waals surface area contributed by atoms with Crippen LogP contribution in [0.15, 0.2) is 57.7 Å². The zero-order chi connectivity index (χ0) is 25.2. The van der Waals surface area contributed by atoms with Crippen LogP contribution in [0.2, 0.25) is 0 Å². The lowest BCUT2D eigenvalue weighted by molar-refractivity contribution is 0.174. The van der Waals surface area contributed by atoms with Crippen molar-refractivity contribution in [3.05, 3.63) is 69.9 Å². The first-order chi connectivity index (χ1) is 17.5. The SMILES string of the molecule is COc1ccc(CCNc2cc(C)cc3c(=O)c(OC)c(-c4ccc5c(c4)OCO5)oc23)cc1OC. The zero-order valence-corrected chi connectivity index (χ0v) is 20.6. The Morgan fingerprint density at radius 3 is 2.47 bits per heavy atom. The molecular weight excluding hydrogens is 462 g/mol. The number of ether oxygens (including phenoxy) is 5. The highest BCUT2D eigenvalue weighted by molar-refractivity contribution is 5.92. The molecule has 0 bridgehead atoms. The van der Waals surface area contributed by atoms with Gasteiger partial charge in [0.1, 0.15) is 0 Å². The Labute approximate surface area is 208 Å². The number of nitrogens with one attached hydrogen (secondary N) is 1. The van der Waals surface area contributed by atoms with Crippen molar-refractivity contribution in [2.75, 3.05) is 40.0 Å². The largest absolute Gasteiger partial charge is 0.493 e. The Balaban J connectivity index is 1.50. The molecule has 1 aliphatic heterocycles. The molecule has 0 atom stereocenters. The lowest BCUT2D eigenvalue weighted by Gasteiger charge is -2.14. The van der Waals surface area contributed by atoms with Crippen molar-refractivity contribution in [1.29, 1.82) is 0 Å². The van der Waals surface area contributed by atoms with Crippen LogP contribution in [0.3, 0.4) is 0 Å². The highest BCUT2D eigenvalue weighted by Gasteiger charge is 2.22. The van der Waals surface area contributed by atoms with Crippen molar-refractivity contribution < 1.29 is 28.1 Å².